The van der Waals surface area contributed by atoms with Gasteiger partial charge in [-0.3, -0.25) is 4.68 Å². The van der Waals surface area contributed by atoms with E-state index in [2.05, 4.69) is 5.10 Å². The molecule has 0 saturated carbocycles. The van der Waals surface area contributed by atoms with Crippen molar-refractivity contribution in [2.24, 2.45) is 12.8 Å². The number of nitrogens with two attached hydrogens (primary N) is 1. The van der Waals surface area contributed by atoms with E-state index in [4.69, 9.17) is 10.5 Å². The molecule has 2 aromatic rings. The van der Waals surface area contributed by atoms with Crippen molar-refractivity contribution in [3.63, 3.8) is 0 Å². The Morgan fingerprint density at radius 1 is 1.37 bits per heavy atom. The van der Waals surface area contributed by atoms with E-state index in [1.807, 2.05) is 20.9 Å². The van der Waals surface area contributed by atoms with Crippen molar-refractivity contribution in [1.29, 1.82) is 0 Å². The second-order valence-electron chi connectivity index (χ2n) is 4.55. The Hall–Kier alpha value is -1.88. The number of hydrogen-bond donors (Lipinski definition) is 1. The third kappa shape index (κ3) is 2.21. The molecular weight excluding hydrogens is 245 g/mol. The van der Waals surface area contributed by atoms with E-state index in [1.54, 1.807) is 22.9 Å². The van der Waals surface area contributed by atoms with E-state index < -0.39 is 11.9 Å². The molecule has 0 fully saturated rings. The zero-order chi connectivity index (χ0) is 14.2. The number of rotatable bonds is 3. The van der Waals surface area contributed by atoms with Crippen LogP contribution in [0.1, 0.15) is 28.6 Å². The summed E-state index contributed by atoms with van der Waals surface area (Å²) in [7, 11) is 3.29. The molecule has 0 radical (unpaired) electrons. The van der Waals surface area contributed by atoms with Crippen LogP contribution in [-0.2, 0) is 7.05 Å². The molecule has 0 saturated heterocycles. The van der Waals surface area contributed by atoms with Crippen molar-refractivity contribution in [2.45, 2.75) is 19.9 Å². The number of aryl methyl sites for hydroxylation is 2. The fourth-order valence-electron chi connectivity index (χ4n) is 2.32. The molecule has 2 rings (SSSR count). The highest BCUT2D eigenvalue weighted by molar-refractivity contribution is 5.41. The number of halogens is 1. The Kier molecular flexibility index (Phi) is 3.57. The lowest BCUT2D eigenvalue weighted by molar-refractivity contribution is 0.383. The molecule has 1 aromatic carbocycles. The van der Waals surface area contributed by atoms with Crippen molar-refractivity contribution >= 4 is 0 Å². The van der Waals surface area contributed by atoms with Crippen LogP contribution in [0.15, 0.2) is 18.2 Å². The van der Waals surface area contributed by atoms with E-state index in [-0.39, 0.29) is 5.75 Å². The fraction of sp³-hybridized carbons (Fsp3) is 0.357. The average Bonchev–Trinajstić information content (AvgIpc) is 2.63. The Bertz CT molecular complexity index is 607. The second-order valence-corrected chi connectivity index (χ2v) is 4.55. The van der Waals surface area contributed by atoms with Gasteiger partial charge in [0.1, 0.15) is 0 Å². The Balaban J connectivity index is 2.53. The molecule has 1 unspecified atom stereocenters. The van der Waals surface area contributed by atoms with E-state index in [9.17, 15) is 4.39 Å². The number of nitrogens with zero attached hydrogens (tertiary/aromatic N) is 2. The summed E-state index contributed by atoms with van der Waals surface area (Å²) in [6.45, 7) is 3.80. The number of benzene rings is 1. The van der Waals surface area contributed by atoms with Gasteiger partial charge in [-0.15, -0.1) is 0 Å². The normalized spacial score (nSPS) is 12.5. The lowest BCUT2D eigenvalue weighted by Crippen LogP contribution is -2.16. The van der Waals surface area contributed by atoms with E-state index >= 15 is 0 Å². The van der Waals surface area contributed by atoms with Crippen molar-refractivity contribution in [3.8, 4) is 5.75 Å². The van der Waals surface area contributed by atoms with Gasteiger partial charge in [0.2, 0.25) is 0 Å². The maximum absolute atomic E-state index is 14.2. The van der Waals surface area contributed by atoms with E-state index in [0.717, 1.165) is 17.0 Å². The van der Waals surface area contributed by atoms with Crippen LogP contribution in [-0.4, -0.2) is 16.9 Å². The maximum Gasteiger partial charge on any atom is 0.170 e. The summed E-state index contributed by atoms with van der Waals surface area (Å²) < 4.78 is 21.0. The van der Waals surface area contributed by atoms with Crippen molar-refractivity contribution < 1.29 is 9.13 Å². The zero-order valence-corrected chi connectivity index (χ0v) is 11.6. The van der Waals surface area contributed by atoms with Crippen LogP contribution in [0, 0.1) is 19.7 Å². The summed E-state index contributed by atoms with van der Waals surface area (Å²) >= 11 is 0. The van der Waals surface area contributed by atoms with Crippen LogP contribution < -0.4 is 10.5 Å². The molecule has 0 aliphatic carbocycles. The van der Waals surface area contributed by atoms with Crippen molar-refractivity contribution in [1.82, 2.24) is 9.78 Å². The summed E-state index contributed by atoms with van der Waals surface area (Å²) in [5.41, 5.74) is 9.23. The number of aromatic nitrogens is 2. The molecule has 1 atom stereocenters. The molecule has 0 aliphatic heterocycles. The van der Waals surface area contributed by atoms with Crippen LogP contribution in [0.5, 0.6) is 5.75 Å². The van der Waals surface area contributed by atoms with Crippen LogP contribution in [0.4, 0.5) is 4.39 Å². The maximum atomic E-state index is 14.2. The highest BCUT2D eigenvalue weighted by atomic mass is 19.1. The topological polar surface area (TPSA) is 53.1 Å². The van der Waals surface area contributed by atoms with Gasteiger partial charge in [0, 0.05) is 23.9 Å². The van der Waals surface area contributed by atoms with Gasteiger partial charge >= 0.3 is 0 Å². The van der Waals surface area contributed by atoms with Crippen molar-refractivity contribution in [2.75, 3.05) is 7.11 Å². The Morgan fingerprint density at radius 3 is 2.58 bits per heavy atom. The first-order valence-corrected chi connectivity index (χ1v) is 6.05. The van der Waals surface area contributed by atoms with E-state index in [0.29, 0.717) is 5.56 Å². The minimum Gasteiger partial charge on any atom is -0.494 e. The zero-order valence-electron chi connectivity index (χ0n) is 11.6. The summed E-state index contributed by atoms with van der Waals surface area (Å²) in [6.07, 6.45) is 0. The third-order valence-electron chi connectivity index (χ3n) is 3.42. The molecule has 0 spiro atoms. The number of methoxy groups -OCH3 is 1. The third-order valence-corrected chi connectivity index (χ3v) is 3.42. The van der Waals surface area contributed by atoms with E-state index in [1.165, 1.54) is 7.11 Å². The monoisotopic (exact) mass is 263 g/mol. The highest BCUT2D eigenvalue weighted by Gasteiger charge is 2.22. The largest absolute Gasteiger partial charge is 0.494 e. The van der Waals surface area contributed by atoms with Gasteiger partial charge in [0.05, 0.1) is 18.8 Å². The average molecular weight is 263 g/mol. The molecule has 4 nitrogen and oxygen atoms in total. The standard InChI is InChI=1S/C14H18FN3O/c1-8-12(9(2)18(3)17-8)14(16)10-6-5-7-11(19-4)13(10)15/h5-7,14H,16H2,1-4H3. The van der Waals surface area contributed by atoms with Crippen LogP contribution in [0.3, 0.4) is 0 Å². The minimum atomic E-state index is -0.552. The summed E-state index contributed by atoms with van der Waals surface area (Å²) in [5, 5.41) is 4.31. The highest BCUT2D eigenvalue weighted by Crippen LogP contribution is 2.30. The first-order chi connectivity index (χ1) is 8.97. The summed E-state index contributed by atoms with van der Waals surface area (Å²) in [6, 6.07) is 4.44. The van der Waals surface area contributed by atoms with Gasteiger partial charge in [-0.2, -0.15) is 5.10 Å². The summed E-state index contributed by atoms with van der Waals surface area (Å²) in [4.78, 5) is 0. The number of hydrogen-bond acceptors (Lipinski definition) is 3. The molecular formula is C14H18FN3O. The quantitative estimate of drug-likeness (QED) is 0.924. The second kappa shape index (κ2) is 5.01. The first-order valence-electron chi connectivity index (χ1n) is 6.05. The number of ether oxygens (including phenoxy) is 1. The van der Waals surface area contributed by atoms with Gasteiger partial charge < -0.3 is 10.5 Å². The lowest BCUT2D eigenvalue weighted by atomic mass is 9.97. The molecule has 0 bridgehead atoms. The van der Waals surface area contributed by atoms with Crippen molar-refractivity contribution in [3.05, 3.63) is 46.5 Å². The molecule has 2 N–H and O–H groups in total. The molecule has 1 heterocycles. The molecule has 1 aromatic heterocycles. The molecule has 0 amide bonds. The Labute approximate surface area is 112 Å². The van der Waals surface area contributed by atoms with Crippen LogP contribution in [0.2, 0.25) is 0 Å². The van der Waals surface area contributed by atoms with Gasteiger partial charge in [-0.05, 0) is 19.9 Å². The first kappa shape index (κ1) is 13.5. The molecule has 19 heavy (non-hydrogen) atoms. The summed E-state index contributed by atoms with van der Waals surface area (Å²) in [5.74, 6) is -0.215. The fourth-order valence-corrected chi connectivity index (χ4v) is 2.32. The predicted octanol–water partition coefficient (Wildman–Crippen LogP) is 2.23. The van der Waals surface area contributed by atoms with Crippen LogP contribution in [0.25, 0.3) is 0 Å². The smallest absolute Gasteiger partial charge is 0.170 e. The van der Waals surface area contributed by atoms with Crippen LogP contribution >= 0.6 is 0 Å². The Morgan fingerprint density at radius 2 is 2.05 bits per heavy atom. The van der Waals surface area contributed by atoms with Gasteiger partial charge in [-0.1, -0.05) is 12.1 Å². The van der Waals surface area contributed by atoms with Gasteiger partial charge in [0.15, 0.2) is 11.6 Å². The lowest BCUT2D eigenvalue weighted by Gasteiger charge is -2.15. The SMILES string of the molecule is COc1cccc(C(N)c2c(C)nn(C)c2C)c1F. The molecule has 0 aliphatic rings. The minimum absolute atomic E-state index is 0.201. The van der Waals surface area contributed by atoms with Gasteiger partial charge in [0.25, 0.3) is 0 Å². The predicted molar refractivity (Wildman–Crippen MR) is 71.7 cm³/mol. The van der Waals surface area contributed by atoms with Gasteiger partial charge in [-0.25, -0.2) is 4.39 Å². The molecule has 102 valence electrons. The molecule has 5 heteroatoms.